The van der Waals surface area contributed by atoms with Crippen LogP contribution in [-0.2, 0) is 14.3 Å². The Kier molecular flexibility index (Phi) is 7.55. The molecule has 6 heteroatoms. The molecule has 3 rings (SSSR count). The fourth-order valence-corrected chi connectivity index (χ4v) is 2.66. The van der Waals surface area contributed by atoms with E-state index in [-0.39, 0.29) is 6.79 Å². The Morgan fingerprint density at radius 1 is 0.844 bits per heavy atom. The number of ether oxygens (including phenoxy) is 3. The van der Waals surface area contributed by atoms with Crippen LogP contribution in [0.3, 0.4) is 0 Å². The van der Waals surface area contributed by atoms with E-state index in [1.54, 1.807) is 54.6 Å². The molecule has 0 N–H and O–H groups in total. The van der Waals surface area contributed by atoms with Crippen molar-refractivity contribution in [3.8, 4) is 28.7 Å². The van der Waals surface area contributed by atoms with Crippen LogP contribution in [0.25, 0.3) is 17.2 Å². The molecule has 0 aliphatic rings. The summed E-state index contributed by atoms with van der Waals surface area (Å²) in [4.78, 5) is 23.0. The molecule has 32 heavy (non-hydrogen) atoms. The minimum absolute atomic E-state index is 0.212. The quantitative estimate of drug-likeness (QED) is 0.221. The minimum Gasteiger partial charge on any atom is -0.457 e. The van der Waals surface area contributed by atoms with E-state index in [9.17, 15) is 9.59 Å². The van der Waals surface area contributed by atoms with Crippen LogP contribution in [0.2, 0.25) is 0 Å². The zero-order valence-corrected chi connectivity index (χ0v) is 17.1. The average molecular weight is 425 g/mol. The van der Waals surface area contributed by atoms with Gasteiger partial charge < -0.3 is 14.2 Å². The first-order chi connectivity index (χ1) is 15.6. The lowest BCUT2D eigenvalue weighted by atomic mass is 10.0. The van der Waals surface area contributed by atoms with Crippen molar-refractivity contribution in [2.24, 2.45) is 0 Å². The van der Waals surface area contributed by atoms with Crippen LogP contribution in [0.1, 0.15) is 11.1 Å². The van der Waals surface area contributed by atoms with Crippen LogP contribution < -0.4 is 9.47 Å². The van der Waals surface area contributed by atoms with Gasteiger partial charge in [0.2, 0.25) is 6.79 Å². The maximum absolute atomic E-state index is 12.1. The van der Waals surface area contributed by atoms with E-state index < -0.39 is 11.9 Å². The Morgan fingerprint density at radius 2 is 1.44 bits per heavy atom. The first-order valence-corrected chi connectivity index (χ1v) is 9.60. The molecular formula is C26H19NO5. The van der Waals surface area contributed by atoms with Crippen LogP contribution in [0.4, 0.5) is 0 Å². The number of nitrogens with zero attached hydrogens (tertiary/aromatic N) is 1. The molecule has 0 saturated heterocycles. The van der Waals surface area contributed by atoms with E-state index in [1.165, 1.54) is 6.08 Å². The highest BCUT2D eigenvalue weighted by Crippen LogP contribution is 2.23. The lowest BCUT2D eigenvalue weighted by Crippen LogP contribution is -2.07. The second-order valence-electron chi connectivity index (χ2n) is 6.47. The Hall–Kier alpha value is -4.63. The maximum Gasteiger partial charge on any atom is 0.336 e. The average Bonchev–Trinajstić information content (AvgIpc) is 2.84. The van der Waals surface area contributed by atoms with Crippen molar-refractivity contribution >= 4 is 18.0 Å². The number of hydrogen-bond donors (Lipinski definition) is 0. The molecule has 0 amide bonds. The normalized spacial score (nSPS) is 10.2. The van der Waals surface area contributed by atoms with Crippen molar-refractivity contribution in [3.63, 3.8) is 0 Å². The van der Waals surface area contributed by atoms with Crippen molar-refractivity contribution < 1.29 is 23.8 Å². The number of esters is 2. The Labute approximate surface area is 185 Å². The molecule has 0 radical (unpaired) electrons. The first kappa shape index (κ1) is 22.1. The largest absolute Gasteiger partial charge is 0.457 e. The third kappa shape index (κ3) is 6.44. The summed E-state index contributed by atoms with van der Waals surface area (Å²) >= 11 is 0. The summed E-state index contributed by atoms with van der Waals surface area (Å²) in [7, 11) is 0. The molecule has 0 fully saturated rings. The third-order valence-corrected chi connectivity index (χ3v) is 4.31. The van der Waals surface area contributed by atoms with Gasteiger partial charge in [-0.2, -0.15) is 5.26 Å². The zero-order valence-electron chi connectivity index (χ0n) is 17.1. The molecule has 0 saturated carbocycles. The molecule has 0 aliphatic carbocycles. The van der Waals surface area contributed by atoms with Gasteiger partial charge in [0.25, 0.3) is 0 Å². The molecule has 0 unspecified atom stereocenters. The summed E-state index contributed by atoms with van der Waals surface area (Å²) < 4.78 is 15.3. The van der Waals surface area contributed by atoms with Gasteiger partial charge in [0.1, 0.15) is 11.5 Å². The summed E-state index contributed by atoms with van der Waals surface area (Å²) in [6.07, 6.45) is 4.01. The van der Waals surface area contributed by atoms with Gasteiger partial charge in [0.05, 0.1) is 11.6 Å². The summed E-state index contributed by atoms with van der Waals surface area (Å²) in [5, 5.41) is 8.88. The number of carbonyl (C=O) groups is 2. The molecule has 3 aromatic rings. The molecule has 0 spiro atoms. The van der Waals surface area contributed by atoms with Gasteiger partial charge in [-0.25, -0.2) is 9.59 Å². The summed E-state index contributed by atoms with van der Waals surface area (Å²) in [5.41, 5.74) is 3.29. The second kappa shape index (κ2) is 11.0. The molecule has 0 bridgehead atoms. The molecule has 158 valence electrons. The highest BCUT2D eigenvalue weighted by atomic mass is 16.7. The van der Waals surface area contributed by atoms with Gasteiger partial charge in [-0.05, 0) is 59.2 Å². The van der Waals surface area contributed by atoms with Crippen LogP contribution in [0.5, 0.6) is 11.5 Å². The lowest BCUT2D eigenvalue weighted by molar-refractivity contribution is -0.144. The Balaban J connectivity index is 1.52. The molecular weight excluding hydrogens is 406 g/mol. The minimum atomic E-state index is -0.563. The predicted molar refractivity (Wildman–Crippen MR) is 119 cm³/mol. The Morgan fingerprint density at radius 3 is 2.03 bits per heavy atom. The molecule has 6 nitrogen and oxygen atoms in total. The topological polar surface area (TPSA) is 85.6 Å². The molecule has 0 aromatic heterocycles. The van der Waals surface area contributed by atoms with Gasteiger partial charge in [-0.15, -0.1) is 0 Å². The van der Waals surface area contributed by atoms with Crippen molar-refractivity contribution in [1.29, 1.82) is 5.26 Å². The SMILES string of the molecule is C=CC(=O)OCOc1ccc(C=CC(=O)Oc2ccc(-c3ccc(C#N)cc3)cc2)cc1. The predicted octanol–water partition coefficient (Wildman–Crippen LogP) is 4.91. The third-order valence-electron chi connectivity index (χ3n) is 4.31. The van der Waals surface area contributed by atoms with Crippen LogP contribution in [-0.4, -0.2) is 18.7 Å². The zero-order chi connectivity index (χ0) is 22.8. The number of carbonyl (C=O) groups excluding carboxylic acids is 2. The van der Waals surface area contributed by atoms with E-state index in [0.29, 0.717) is 17.1 Å². The van der Waals surface area contributed by atoms with Crippen LogP contribution >= 0.6 is 0 Å². The summed E-state index contributed by atoms with van der Waals surface area (Å²) in [6.45, 7) is 3.08. The molecule has 0 aliphatic heterocycles. The van der Waals surface area contributed by atoms with Crippen molar-refractivity contribution in [2.45, 2.75) is 0 Å². The fraction of sp³-hybridized carbons (Fsp3) is 0.0385. The van der Waals surface area contributed by atoms with Gasteiger partial charge in [-0.3, -0.25) is 0 Å². The number of hydrogen-bond acceptors (Lipinski definition) is 6. The second-order valence-corrected chi connectivity index (χ2v) is 6.47. The highest BCUT2D eigenvalue weighted by Gasteiger charge is 2.03. The van der Waals surface area contributed by atoms with Gasteiger partial charge in [0, 0.05) is 12.2 Å². The van der Waals surface area contributed by atoms with E-state index in [4.69, 9.17) is 19.5 Å². The van der Waals surface area contributed by atoms with E-state index in [2.05, 4.69) is 12.6 Å². The Bertz CT molecular complexity index is 1150. The smallest absolute Gasteiger partial charge is 0.336 e. The molecule has 0 atom stereocenters. The highest BCUT2D eigenvalue weighted by molar-refractivity contribution is 5.88. The monoisotopic (exact) mass is 425 g/mol. The van der Waals surface area contributed by atoms with Crippen molar-refractivity contribution in [1.82, 2.24) is 0 Å². The molecule has 3 aromatic carbocycles. The molecule has 0 heterocycles. The number of benzene rings is 3. The number of nitriles is 1. The van der Waals surface area contributed by atoms with Crippen LogP contribution in [0.15, 0.2) is 91.5 Å². The lowest BCUT2D eigenvalue weighted by Gasteiger charge is -2.06. The summed E-state index contributed by atoms with van der Waals surface area (Å²) in [5.74, 6) is -0.126. The van der Waals surface area contributed by atoms with E-state index in [0.717, 1.165) is 22.8 Å². The maximum atomic E-state index is 12.1. The number of rotatable bonds is 8. The fourth-order valence-electron chi connectivity index (χ4n) is 2.66. The van der Waals surface area contributed by atoms with E-state index in [1.807, 2.05) is 24.3 Å². The van der Waals surface area contributed by atoms with Crippen molar-refractivity contribution in [2.75, 3.05) is 6.79 Å². The van der Waals surface area contributed by atoms with Crippen molar-refractivity contribution in [3.05, 3.63) is 103 Å². The van der Waals surface area contributed by atoms with Crippen LogP contribution in [0, 0.1) is 11.3 Å². The van der Waals surface area contributed by atoms with Gasteiger partial charge in [0.15, 0.2) is 0 Å². The van der Waals surface area contributed by atoms with Gasteiger partial charge in [-0.1, -0.05) is 43.0 Å². The summed E-state index contributed by atoms with van der Waals surface area (Å²) in [6, 6.07) is 23.3. The van der Waals surface area contributed by atoms with Gasteiger partial charge >= 0.3 is 11.9 Å². The van der Waals surface area contributed by atoms with E-state index >= 15 is 0 Å². The first-order valence-electron chi connectivity index (χ1n) is 9.60. The standard InChI is InChI=1S/C26H19NO5/c1-2-25(28)31-18-30-23-12-5-19(6-13-23)7-16-26(29)32-24-14-10-22(11-15-24)21-8-3-20(17-27)4-9-21/h2-16H,1,18H2.